The summed E-state index contributed by atoms with van der Waals surface area (Å²) in [5.74, 6) is -0.379. The number of hydrogen-bond acceptors (Lipinski definition) is 4. The SMILES string of the molecule is C=CCC1(C)C[C@@H](C(=O)OC(C)(C)C)N(C(=O)OC(C)(C)C)C1. The molecule has 0 bridgehead atoms. The second-order valence-electron chi connectivity index (χ2n) is 8.67. The van der Waals surface area contributed by atoms with Crippen LogP contribution in [-0.4, -0.2) is 40.8 Å². The van der Waals surface area contributed by atoms with Gasteiger partial charge in [-0.25, -0.2) is 9.59 Å². The van der Waals surface area contributed by atoms with Crippen LogP contribution in [0.3, 0.4) is 0 Å². The number of ether oxygens (including phenoxy) is 2. The fourth-order valence-electron chi connectivity index (χ4n) is 2.75. The van der Waals surface area contributed by atoms with Crippen LogP contribution in [0.1, 0.15) is 61.3 Å². The van der Waals surface area contributed by atoms with Gasteiger partial charge in [0.05, 0.1) is 0 Å². The minimum atomic E-state index is -0.617. The number of carbonyl (C=O) groups excluding carboxylic acids is 2. The first-order valence-corrected chi connectivity index (χ1v) is 8.10. The molecule has 5 heteroatoms. The Morgan fingerprint density at radius 1 is 1.17 bits per heavy atom. The molecule has 1 rings (SSSR count). The third kappa shape index (κ3) is 5.88. The summed E-state index contributed by atoms with van der Waals surface area (Å²) in [7, 11) is 0. The number of allylic oxidation sites excluding steroid dienone is 1. The van der Waals surface area contributed by atoms with Crippen molar-refractivity contribution in [3.8, 4) is 0 Å². The van der Waals surface area contributed by atoms with Gasteiger partial charge in [0.1, 0.15) is 17.2 Å². The molecule has 1 saturated heterocycles. The Balaban J connectivity index is 2.99. The van der Waals surface area contributed by atoms with E-state index in [0.29, 0.717) is 13.0 Å². The van der Waals surface area contributed by atoms with Crippen molar-refractivity contribution >= 4 is 12.1 Å². The van der Waals surface area contributed by atoms with Crippen LogP contribution in [0.5, 0.6) is 0 Å². The van der Waals surface area contributed by atoms with Gasteiger partial charge in [-0.1, -0.05) is 13.0 Å². The fraction of sp³-hybridized carbons (Fsp3) is 0.778. The molecule has 0 aliphatic carbocycles. The van der Waals surface area contributed by atoms with Gasteiger partial charge in [0.25, 0.3) is 0 Å². The molecule has 132 valence electrons. The molecule has 0 aromatic rings. The van der Waals surface area contributed by atoms with Crippen molar-refractivity contribution in [2.24, 2.45) is 5.41 Å². The minimum absolute atomic E-state index is 0.194. The molecule has 0 N–H and O–H groups in total. The molecule has 1 heterocycles. The normalized spacial score (nSPS) is 25.2. The zero-order chi connectivity index (χ0) is 18.1. The maximum atomic E-state index is 12.5. The van der Waals surface area contributed by atoms with Gasteiger partial charge in [0.2, 0.25) is 0 Å². The van der Waals surface area contributed by atoms with Gasteiger partial charge in [-0.2, -0.15) is 0 Å². The standard InChI is InChI=1S/C18H31NO4/c1-9-10-18(8)11-13(14(20)22-16(2,3)4)19(12-18)15(21)23-17(5,6)7/h9,13H,1,10-12H2,2-8H3/t13-,18?/m0/s1. The molecule has 1 aliphatic rings. The van der Waals surface area contributed by atoms with Gasteiger partial charge in [-0.3, -0.25) is 4.90 Å². The molecule has 2 atom stereocenters. The summed E-state index contributed by atoms with van der Waals surface area (Å²) in [6.45, 7) is 17.2. The topological polar surface area (TPSA) is 55.8 Å². The smallest absolute Gasteiger partial charge is 0.411 e. The van der Waals surface area contributed by atoms with Crippen LogP contribution in [0.15, 0.2) is 12.7 Å². The van der Waals surface area contributed by atoms with Gasteiger partial charge < -0.3 is 9.47 Å². The summed E-state index contributed by atoms with van der Waals surface area (Å²) in [6, 6.07) is -0.617. The van der Waals surface area contributed by atoms with Crippen LogP contribution in [0.4, 0.5) is 4.79 Å². The average molecular weight is 325 g/mol. The first-order chi connectivity index (χ1) is 10.3. The monoisotopic (exact) mass is 325 g/mol. The number of nitrogens with zero attached hydrogens (tertiary/aromatic N) is 1. The minimum Gasteiger partial charge on any atom is -0.458 e. The molecular formula is C18H31NO4. The third-order valence-corrected chi connectivity index (χ3v) is 3.56. The Morgan fingerprint density at radius 2 is 1.70 bits per heavy atom. The molecular weight excluding hydrogens is 294 g/mol. The lowest BCUT2D eigenvalue weighted by atomic mass is 9.84. The Kier molecular flexibility index (Phi) is 5.55. The predicted molar refractivity (Wildman–Crippen MR) is 90.1 cm³/mol. The summed E-state index contributed by atoms with van der Waals surface area (Å²) in [4.78, 5) is 26.5. The summed E-state index contributed by atoms with van der Waals surface area (Å²) >= 11 is 0. The van der Waals surface area contributed by atoms with Crippen LogP contribution < -0.4 is 0 Å². The van der Waals surface area contributed by atoms with E-state index < -0.39 is 23.3 Å². The zero-order valence-corrected chi connectivity index (χ0v) is 15.6. The molecule has 0 saturated carbocycles. The van der Waals surface area contributed by atoms with Gasteiger partial charge in [0, 0.05) is 6.54 Å². The predicted octanol–water partition coefficient (Wildman–Crippen LogP) is 3.92. The second-order valence-corrected chi connectivity index (χ2v) is 8.67. The van der Waals surface area contributed by atoms with Crippen molar-refractivity contribution in [2.75, 3.05) is 6.54 Å². The maximum Gasteiger partial charge on any atom is 0.411 e. The lowest BCUT2D eigenvalue weighted by Crippen LogP contribution is -2.45. The van der Waals surface area contributed by atoms with Crippen LogP contribution >= 0.6 is 0 Å². The Hall–Kier alpha value is -1.52. The van der Waals surface area contributed by atoms with Gasteiger partial charge in [-0.15, -0.1) is 6.58 Å². The van der Waals surface area contributed by atoms with E-state index in [-0.39, 0.29) is 11.4 Å². The van der Waals surface area contributed by atoms with Gasteiger partial charge in [-0.05, 0) is 59.8 Å². The molecule has 1 fully saturated rings. The Labute approximate surface area is 140 Å². The van der Waals surface area contributed by atoms with E-state index in [0.717, 1.165) is 6.42 Å². The van der Waals surface area contributed by atoms with Crippen molar-refractivity contribution in [1.29, 1.82) is 0 Å². The molecule has 0 aromatic heterocycles. The van der Waals surface area contributed by atoms with Crippen molar-refractivity contribution in [2.45, 2.75) is 78.6 Å². The Morgan fingerprint density at radius 3 is 2.13 bits per heavy atom. The second kappa shape index (κ2) is 6.54. The summed E-state index contributed by atoms with van der Waals surface area (Å²) in [6.07, 6.45) is 2.63. The Bertz CT molecular complexity index is 434. The lowest BCUT2D eigenvalue weighted by Gasteiger charge is -2.29. The van der Waals surface area contributed by atoms with E-state index >= 15 is 0 Å². The van der Waals surface area contributed by atoms with E-state index in [4.69, 9.17) is 9.47 Å². The molecule has 0 aromatic carbocycles. The highest BCUT2D eigenvalue weighted by atomic mass is 16.6. The molecule has 1 unspecified atom stereocenters. The van der Waals surface area contributed by atoms with Crippen molar-refractivity contribution in [3.05, 3.63) is 12.7 Å². The van der Waals surface area contributed by atoms with E-state index in [1.165, 1.54) is 4.90 Å². The molecule has 0 spiro atoms. The average Bonchev–Trinajstić information content (AvgIpc) is 2.63. The highest BCUT2D eigenvalue weighted by Crippen LogP contribution is 2.39. The van der Waals surface area contributed by atoms with Crippen molar-refractivity contribution in [3.63, 3.8) is 0 Å². The number of amides is 1. The fourth-order valence-corrected chi connectivity index (χ4v) is 2.75. The van der Waals surface area contributed by atoms with E-state index in [1.54, 1.807) is 0 Å². The number of hydrogen-bond donors (Lipinski definition) is 0. The van der Waals surface area contributed by atoms with Crippen molar-refractivity contribution < 1.29 is 19.1 Å². The van der Waals surface area contributed by atoms with Crippen LogP contribution in [0, 0.1) is 5.41 Å². The summed E-state index contributed by atoms with van der Waals surface area (Å²) in [5, 5.41) is 0. The summed E-state index contributed by atoms with van der Waals surface area (Å²) < 4.78 is 10.9. The van der Waals surface area contributed by atoms with Crippen LogP contribution in [0.25, 0.3) is 0 Å². The van der Waals surface area contributed by atoms with Crippen molar-refractivity contribution in [1.82, 2.24) is 4.90 Å². The van der Waals surface area contributed by atoms with E-state index in [2.05, 4.69) is 13.5 Å². The van der Waals surface area contributed by atoms with Gasteiger partial charge in [0.15, 0.2) is 0 Å². The number of esters is 1. The van der Waals surface area contributed by atoms with Crippen LogP contribution in [-0.2, 0) is 14.3 Å². The van der Waals surface area contributed by atoms with Crippen LogP contribution in [0.2, 0.25) is 0 Å². The lowest BCUT2D eigenvalue weighted by molar-refractivity contribution is -0.160. The first kappa shape index (κ1) is 19.5. The third-order valence-electron chi connectivity index (χ3n) is 3.56. The first-order valence-electron chi connectivity index (χ1n) is 8.10. The highest BCUT2D eigenvalue weighted by molar-refractivity contribution is 5.82. The molecule has 5 nitrogen and oxygen atoms in total. The van der Waals surface area contributed by atoms with Gasteiger partial charge >= 0.3 is 12.1 Å². The molecule has 23 heavy (non-hydrogen) atoms. The van der Waals surface area contributed by atoms with E-state index in [9.17, 15) is 9.59 Å². The quantitative estimate of drug-likeness (QED) is 0.583. The molecule has 1 amide bonds. The largest absolute Gasteiger partial charge is 0.458 e. The van der Waals surface area contributed by atoms with E-state index in [1.807, 2.05) is 47.6 Å². The zero-order valence-electron chi connectivity index (χ0n) is 15.6. The highest BCUT2D eigenvalue weighted by Gasteiger charge is 2.48. The number of rotatable bonds is 3. The molecule has 0 radical (unpaired) electrons. The summed E-state index contributed by atoms with van der Waals surface area (Å²) in [5.41, 5.74) is -1.39. The maximum absolute atomic E-state index is 12.5. The molecule has 1 aliphatic heterocycles. The number of likely N-dealkylation sites (tertiary alicyclic amines) is 1. The number of carbonyl (C=O) groups is 2.